The highest BCUT2D eigenvalue weighted by atomic mass is 16.5. The van der Waals surface area contributed by atoms with Crippen LogP contribution in [0.15, 0.2) is 0 Å². The number of piperazine rings is 1. The van der Waals surface area contributed by atoms with Gasteiger partial charge in [0.05, 0.1) is 6.61 Å². The normalized spacial score (nSPS) is 26.8. The first-order valence-corrected chi connectivity index (χ1v) is 8.20. The smallest absolute Gasteiger partial charge is 0.0624 e. The molecule has 1 saturated heterocycles. The van der Waals surface area contributed by atoms with Crippen LogP contribution >= 0.6 is 0 Å². The molecule has 1 N–H and O–H groups in total. The van der Waals surface area contributed by atoms with Gasteiger partial charge in [-0.2, -0.15) is 0 Å². The quantitative estimate of drug-likeness (QED) is 0.734. The Balaban J connectivity index is 2.69. The molecule has 0 bridgehead atoms. The summed E-state index contributed by atoms with van der Waals surface area (Å²) in [6, 6.07) is 1.89. The first-order valence-electron chi connectivity index (χ1n) is 8.20. The van der Waals surface area contributed by atoms with E-state index in [0.717, 1.165) is 19.8 Å². The van der Waals surface area contributed by atoms with Crippen LogP contribution in [0.1, 0.15) is 53.9 Å². The van der Waals surface area contributed by atoms with Crippen LogP contribution in [0.25, 0.3) is 0 Å². The Morgan fingerprint density at radius 1 is 1.26 bits per heavy atom. The van der Waals surface area contributed by atoms with Crippen LogP contribution < -0.4 is 5.32 Å². The lowest BCUT2D eigenvalue weighted by Gasteiger charge is -2.46. The Labute approximate surface area is 120 Å². The molecular formula is C16H34N2O. The molecule has 0 aromatic rings. The van der Waals surface area contributed by atoms with Gasteiger partial charge in [0.15, 0.2) is 0 Å². The molecule has 1 aliphatic rings. The van der Waals surface area contributed by atoms with Crippen molar-refractivity contribution in [2.24, 2.45) is 5.92 Å². The van der Waals surface area contributed by atoms with Crippen molar-refractivity contribution in [3.63, 3.8) is 0 Å². The van der Waals surface area contributed by atoms with Gasteiger partial charge >= 0.3 is 0 Å². The predicted octanol–water partition coefficient (Wildman–Crippen LogP) is 2.90. The maximum atomic E-state index is 5.74. The number of rotatable bonds is 8. The van der Waals surface area contributed by atoms with Crippen molar-refractivity contribution in [1.29, 1.82) is 0 Å². The minimum absolute atomic E-state index is 0.561. The van der Waals surface area contributed by atoms with E-state index >= 15 is 0 Å². The molecular weight excluding hydrogens is 236 g/mol. The highest BCUT2D eigenvalue weighted by Gasteiger charge is 2.32. The third-order valence-corrected chi connectivity index (χ3v) is 4.34. The van der Waals surface area contributed by atoms with Crippen molar-refractivity contribution in [3.05, 3.63) is 0 Å². The number of hydrogen-bond acceptors (Lipinski definition) is 3. The molecule has 19 heavy (non-hydrogen) atoms. The molecule has 3 unspecified atom stereocenters. The standard InChI is InChI=1S/C16H34N2O/c1-6-9-14-11-18(15(7-2)10-17-14)16(13(4)5)12-19-8-3/h13-17H,6-12H2,1-5H3. The summed E-state index contributed by atoms with van der Waals surface area (Å²) in [5.41, 5.74) is 0. The number of nitrogens with zero attached hydrogens (tertiary/aromatic N) is 1. The van der Waals surface area contributed by atoms with Crippen LogP contribution in [0, 0.1) is 5.92 Å². The van der Waals surface area contributed by atoms with E-state index in [0.29, 0.717) is 24.0 Å². The van der Waals surface area contributed by atoms with Gasteiger partial charge in [-0.05, 0) is 25.7 Å². The van der Waals surface area contributed by atoms with Gasteiger partial charge in [-0.1, -0.05) is 34.1 Å². The van der Waals surface area contributed by atoms with Crippen molar-refractivity contribution in [3.8, 4) is 0 Å². The van der Waals surface area contributed by atoms with E-state index in [2.05, 4.69) is 44.8 Å². The van der Waals surface area contributed by atoms with Gasteiger partial charge in [0.1, 0.15) is 0 Å². The maximum absolute atomic E-state index is 5.74. The Morgan fingerprint density at radius 3 is 2.53 bits per heavy atom. The summed E-state index contributed by atoms with van der Waals surface area (Å²) in [7, 11) is 0. The van der Waals surface area contributed by atoms with Gasteiger partial charge in [-0.15, -0.1) is 0 Å². The van der Waals surface area contributed by atoms with Crippen molar-refractivity contribution in [2.45, 2.75) is 72.0 Å². The first-order chi connectivity index (χ1) is 9.13. The van der Waals surface area contributed by atoms with Gasteiger partial charge in [-0.25, -0.2) is 0 Å². The number of ether oxygens (including phenoxy) is 1. The summed E-state index contributed by atoms with van der Waals surface area (Å²) < 4.78 is 5.74. The lowest BCUT2D eigenvalue weighted by atomic mass is 9.96. The van der Waals surface area contributed by atoms with Gasteiger partial charge in [0, 0.05) is 37.8 Å². The Morgan fingerprint density at radius 2 is 2.00 bits per heavy atom. The average Bonchev–Trinajstić information content (AvgIpc) is 2.39. The van der Waals surface area contributed by atoms with Gasteiger partial charge in [0.25, 0.3) is 0 Å². The zero-order valence-electron chi connectivity index (χ0n) is 13.6. The molecule has 3 atom stereocenters. The lowest BCUT2D eigenvalue weighted by Crippen LogP contribution is -2.61. The third-order valence-electron chi connectivity index (χ3n) is 4.34. The summed E-state index contributed by atoms with van der Waals surface area (Å²) in [4.78, 5) is 2.72. The van der Waals surface area contributed by atoms with E-state index in [9.17, 15) is 0 Å². The Bertz CT molecular complexity index is 233. The largest absolute Gasteiger partial charge is 0.380 e. The van der Waals surface area contributed by atoms with Crippen LogP contribution in [0.5, 0.6) is 0 Å². The molecule has 1 fully saturated rings. The van der Waals surface area contributed by atoms with Crippen molar-refractivity contribution < 1.29 is 4.74 Å². The minimum Gasteiger partial charge on any atom is -0.380 e. The highest BCUT2D eigenvalue weighted by molar-refractivity contribution is 4.90. The highest BCUT2D eigenvalue weighted by Crippen LogP contribution is 2.21. The molecule has 0 aliphatic carbocycles. The van der Waals surface area contributed by atoms with Gasteiger partial charge < -0.3 is 10.1 Å². The fraction of sp³-hybridized carbons (Fsp3) is 1.00. The maximum Gasteiger partial charge on any atom is 0.0624 e. The summed E-state index contributed by atoms with van der Waals surface area (Å²) in [6.07, 6.45) is 3.77. The van der Waals surface area contributed by atoms with E-state index in [1.807, 2.05) is 0 Å². The predicted molar refractivity (Wildman–Crippen MR) is 82.6 cm³/mol. The number of nitrogens with one attached hydrogen (secondary N) is 1. The van der Waals surface area contributed by atoms with Crippen LogP contribution in [0.4, 0.5) is 0 Å². The minimum atomic E-state index is 0.561. The average molecular weight is 270 g/mol. The molecule has 0 aromatic heterocycles. The fourth-order valence-corrected chi connectivity index (χ4v) is 3.12. The monoisotopic (exact) mass is 270 g/mol. The zero-order chi connectivity index (χ0) is 14.3. The van der Waals surface area contributed by atoms with Crippen LogP contribution in [-0.4, -0.2) is 49.3 Å². The van der Waals surface area contributed by atoms with E-state index in [1.54, 1.807) is 0 Å². The van der Waals surface area contributed by atoms with Gasteiger partial charge in [-0.3, -0.25) is 4.90 Å². The molecule has 0 spiro atoms. The molecule has 3 nitrogen and oxygen atoms in total. The second kappa shape index (κ2) is 8.93. The summed E-state index contributed by atoms with van der Waals surface area (Å²) in [5.74, 6) is 0.654. The lowest BCUT2D eigenvalue weighted by molar-refractivity contribution is -0.000864. The molecule has 0 aromatic carbocycles. The van der Waals surface area contributed by atoms with Crippen molar-refractivity contribution >= 4 is 0 Å². The topological polar surface area (TPSA) is 24.5 Å². The summed E-state index contributed by atoms with van der Waals surface area (Å²) in [6.45, 7) is 15.3. The van der Waals surface area contributed by atoms with E-state index in [-0.39, 0.29) is 0 Å². The molecule has 0 radical (unpaired) electrons. The third kappa shape index (κ3) is 5.05. The first kappa shape index (κ1) is 16.9. The van der Waals surface area contributed by atoms with E-state index in [1.165, 1.54) is 25.8 Å². The molecule has 1 heterocycles. The molecule has 0 saturated carbocycles. The van der Waals surface area contributed by atoms with Gasteiger partial charge in [0.2, 0.25) is 0 Å². The second-order valence-corrected chi connectivity index (χ2v) is 6.12. The molecule has 1 rings (SSSR count). The summed E-state index contributed by atoms with van der Waals surface area (Å²) in [5, 5.41) is 3.72. The molecule has 114 valence electrons. The SMILES string of the molecule is CCCC1CN(C(COCC)C(C)C)C(CC)CN1. The van der Waals surface area contributed by atoms with E-state index in [4.69, 9.17) is 4.74 Å². The second-order valence-electron chi connectivity index (χ2n) is 6.12. The summed E-state index contributed by atoms with van der Waals surface area (Å²) >= 11 is 0. The Kier molecular flexibility index (Phi) is 7.96. The van der Waals surface area contributed by atoms with Crippen LogP contribution in [-0.2, 0) is 4.74 Å². The molecule has 3 heteroatoms. The molecule has 0 amide bonds. The molecule has 1 aliphatic heterocycles. The van der Waals surface area contributed by atoms with Crippen molar-refractivity contribution in [1.82, 2.24) is 10.2 Å². The van der Waals surface area contributed by atoms with Crippen LogP contribution in [0.3, 0.4) is 0 Å². The van der Waals surface area contributed by atoms with E-state index < -0.39 is 0 Å². The zero-order valence-corrected chi connectivity index (χ0v) is 13.6. The van der Waals surface area contributed by atoms with Crippen molar-refractivity contribution in [2.75, 3.05) is 26.3 Å². The number of hydrogen-bond donors (Lipinski definition) is 1. The Hall–Kier alpha value is -0.120. The van der Waals surface area contributed by atoms with Crippen LogP contribution in [0.2, 0.25) is 0 Å². The fourth-order valence-electron chi connectivity index (χ4n) is 3.12.